The van der Waals surface area contributed by atoms with E-state index in [1.165, 1.54) is 6.42 Å². The quantitative estimate of drug-likeness (QED) is 0.849. The van der Waals surface area contributed by atoms with Gasteiger partial charge in [-0.05, 0) is 12.3 Å². The SMILES string of the molecule is Clc1cc(NCC23COCC2C3)cnn1. The molecule has 1 N–H and O–H groups in total. The van der Waals surface area contributed by atoms with Gasteiger partial charge in [0.15, 0.2) is 5.15 Å². The van der Waals surface area contributed by atoms with Crippen LogP contribution in [0.5, 0.6) is 0 Å². The average Bonchev–Trinajstić information content (AvgIpc) is 2.79. The number of halogens is 1. The van der Waals surface area contributed by atoms with Gasteiger partial charge in [-0.3, -0.25) is 0 Å². The van der Waals surface area contributed by atoms with Crippen molar-refractivity contribution < 1.29 is 4.74 Å². The molecule has 1 aliphatic heterocycles. The maximum absolute atomic E-state index is 5.75. The molecule has 0 spiro atoms. The van der Waals surface area contributed by atoms with Crippen molar-refractivity contribution in [2.45, 2.75) is 6.42 Å². The molecule has 2 atom stereocenters. The van der Waals surface area contributed by atoms with Gasteiger partial charge in [-0.15, -0.1) is 5.10 Å². The molecule has 4 nitrogen and oxygen atoms in total. The first-order valence-corrected chi connectivity index (χ1v) is 5.46. The van der Waals surface area contributed by atoms with Crippen LogP contribution >= 0.6 is 11.6 Å². The Labute approximate surface area is 93.0 Å². The van der Waals surface area contributed by atoms with Gasteiger partial charge in [0.1, 0.15) is 0 Å². The summed E-state index contributed by atoms with van der Waals surface area (Å²) in [5.41, 5.74) is 1.32. The van der Waals surface area contributed by atoms with E-state index < -0.39 is 0 Å². The molecular formula is C10H12ClN3O. The Morgan fingerprint density at radius 1 is 1.67 bits per heavy atom. The van der Waals surface area contributed by atoms with Gasteiger partial charge >= 0.3 is 0 Å². The van der Waals surface area contributed by atoms with Crippen LogP contribution in [-0.2, 0) is 4.74 Å². The average molecular weight is 226 g/mol. The number of nitrogens with zero attached hydrogens (tertiary/aromatic N) is 2. The highest BCUT2D eigenvalue weighted by Gasteiger charge is 2.57. The Balaban J connectivity index is 1.62. The number of aromatic nitrogens is 2. The highest BCUT2D eigenvalue weighted by atomic mass is 35.5. The predicted molar refractivity (Wildman–Crippen MR) is 56.9 cm³/mol. The number of nitrogens with one attached hydrogen (secondary N) is 1. The van der Waals surface area contributed by atoms with Crippen LogP contribution in [0.2, 0.25) is 5.15 Å². The number of hydrogen-bond donors (Lipinski definition) is 1. The summed E-state index contributed by atoms with van der Waals surface area (Å²) >= 11 is 5.75. The second kappa shape index (κ2) is 3.32. The minimum atomic E-state index is 0.385. The van der Waals surface area contributed by atoms with Gasteiger partial charge in [0.2, 0.25) is 0 Å². The summed E-state index contributed by atoms with van der Waals surface area (Å²) in [6.07, 6.45) is 2.97. The van der Waals surface area contributed by atoms with Gasteiger partial charge in [0, 0.05) is 18.0 Å². The Kier molecular flexibility index (Phi) is 2.07. The van der Waals surface area contributed by atoms with Crippen molar-refractivity contribution in [1.82, 2.24) is 10.2 Å². The molecule has 0 aromatic carbocycles. The van der Waals surface area contributed by atoms with E-state index >= 15 is 0 Å². The van der Waals surface area contributed by atoms with Crippen LogP contribution in [0, 0.1) is 11.3 Å². The number of fused-ring (bicyclic) bond motifs is 1. The van der Waals surface area contributed by atoms with E-state index in [0.29, 0.717) is 10.6 Å². The molecule has 2 heterocycles. The molecule has 2 unspecified atom stereocenters. The van der Waals surface area contributed by atoms with Crippen LogP contribution in [0.15, 0.2) is 12.3 Å². The lowest BCUT2D eigenvalue weighted by atomic mass is 10.1. The highest BCUT2D eigenvalue weighted by molar-refractivity contribution is 6.29. The van der Waals surface area contributed by atoms with Crippen molar-refractivity contribution in [2.24, 2.45) is 11.3 Å². The fraction of sp³-hybridized carbons (Fsp3) is 0.600. The predicted octanol–water partition coefficient (Wildman–Crippen LogP) is 1.58. The van der Waals surface area contributed by atoms with Gasteiger partial charge in [0.05, 0.1) is 25.1 Å². The summed E-state index contributed by atoms with van der Waals surface area (Å²) in [5, 5.41) is 11.3. The first-order valence-electron chi connectivity index (χ1n) is 5.08. The molecule has 5 heteroatoms. The standard InChI is InChI=1S/C10H12ClN3O/c11-9-1-8(3-13-14-9)12-5-10-2-7(10)4-15-6-10/h1,3,7H,2,4-6H2,(H,12,14). The largest absolute Gasteiger partial charge is 0.383 e. The van der Waals surface area contributed by atoms with E-state index in [9.17, 15) is 0 Å². The Hall–Kier alpha value is -0.870. The van der Waals surface area contributed by atoms with E-state index in [1.807, 2.05) is 0 Å². The molecule has 1 aromatic rings. The zero-order chi connectivity index (χ0) is 10.3. The van der Waals surface area contributed by atoms with E-state index in [2.05, 4.69) is 15.5 Å². The van der Waals surface area contributed by atoms with Crippen molar-refractivity contribution >= 4 is 17.3 Å². The van der Waals surface area contributed by atoms with Crippen molar-refractivity contribution in [3.05, 3.63) is 17.4 Å². The lowest BCUT2D eigenvalue weighted by Gasteiger charge is -2.12. The summed E-state index contributed by atoms with van der Waals surface area (Å²) in [7, 11) is 0. The van der Waals surface area contributed by atoms with Gasteiger partial charge in [-0.1, -0.05) is 11.6 Å². The maximum Gasteiger partial charge on any atom is 0.153 e. The van der Waals surface area contributed by atoms with E-state index in [4.69, 9.17) is 16.3 Å². The minimum Gasteiger partial charge on any atom is -0.383 e. The van der Waals surface area contributed by atoms with Gasteiger partial charge < -0.3 is 10.1 Å². The lowest BCUT2D eigenvalue weighted by molar-refractivity contribution is 0.149. The second-order valence-electron chi connectivity index (χ2n) is 4.40. The first-order chi connectivity index (χ1) is 7.28. The Morgan fingerprint density at radius 2 is 2.60 bits per heavy atom. The molecule has 0 radical (unpaired) electrons. The van der Waals surface area contributed by atoms with E-state index in [1.54, 1.807) is 12.3 Å². The Morgan fingerprint density at radius 3 is 3.27 bits per heavy atom. The molecule has 1 aliphatic carbocycles. The van der Waals surface area contributed by atoms with Crippen LogP contribution < -0.4 is 5.32 Å². The van der Waals surface area contributed by atoms with Crippen LogP contribution in [0.25, 0.3) is 0 Å². The zero-order valence-electron chi connectivity index (χ0n) is 8.24. The summed E-state index contributed by atoms with van der Waals surface area (Å²) in [5.74, 6) is 0.760. The number of rotatable bonds is 3. The van der Waals surface area contributed by atoms with E-state index in [-0.39, 0.29) is 0 Å². The minimum absolute atomic E-state index is 0.385. The summed E-state index contributed by atoms with van der Waals surface area (Å²) < 4.78 is 5.43. The van der Waals surface area contributed by atoms with Gasteiger partial charge in [0.25, 0.3) is 0 Å². The maximum atomic E-state index is 5.75. The van der Waals surface area contributed by atoms with Crippen LogP contribution in [0.3, 0.4) is 0 Å². The van der Waals surface area contributed by atoms with Crippen LogP contribution in [-0.4, -0.2) is 30.0 Å². The molecule has 0 amide bonds. The number of ether oxygens (including phenoxy) is 1. The molecule has 0 bridgehead atoms. The molecule has 2 aliphatic rings. The third-order valence-electron chi connectivity index (χ3n) is 3.34. The third-order valence-corrected chi connectivity index (χ3v) is 3.52. The van der Waals surface area contributed by atoms with Gasteiger partial charge in [-0.2, -0.15) is 5.10 Å². The molecule has 2 fully saturated rings. The molecular weight excluding hydrogens is 214 g/mol. The fourth-order valence-electron chi connectivity index (χ4n) is 2.23. The van der Waals surface area contributed by atoms with Crippen molar-refractivity contribution in [2.75, 3.05) is 25.1 Å². The topological polar surface area (TPSA) is 47.0 Å². The van der Waals surface area contributed by atoms with Crippen molar-refractivity contribution in [3.63, 3.8) is 0 Å². The summed E-state index contributed by atoms with van der Waals surface area (Å²) in [6, 6.07) is 1.79. The summed E-state index contributed by atoms with van der Waals surface area (Å²) in [4.78, 5) is 0. The number of hydrogen-bond acceptors (Lipinski definition) is 4. The summed E-state index contributed by atoms with van der Waals surface area (Å²) in [6.45, 7) is 2.76. The smallest absolute Gasteiger partial charge is 0.153 e. The molecule has 15 heavy (non-hydrogen) atoms. The molecule has 1 saturated carbocycles. The molecule has 80 valence electrons. The zero-order valence-corrected chi connectivity index (χ0v) is 9.00. The van der Waals surface area contributed by atoms with E-state index in [0.717, 1.165) is 31.4 Å². The monoisotopic (exact) mass is 225 g/mol. The normalized spacial score (nSPS) is 32.5. The van der Waals surface area contributed by atoms with Crippen LogP contribution in [0.4, 0.5) is 5.69 Å². The molecule has 1 aromatic heterocycles. The Bertz CT molecular complexity index is 387. The van der Waals surface area contributed by atoms with Crippen molar-refractivity contribution in [3.8, 4) is 0 Å². The van der Waals surface area contributed by atoms with Crippen molar-refractivity contribution in [1.29, 1.82) is 0 Å². The molecule has 3 rings (SSSR count). The fourth-order valence-corrected chi connectivity index (χ4v) is 2.39. The first kappa shape index (κ1) is 9.36. The van der Waals surface area contributed by atoms with Gasteiger partial charge in [-0.25, -0.2) is 0 Å². The second-order valence-corrected chi connectivity index (χ2v) is 4.79. The number of anilines is 1. The highest BCUT2D eigenvalue weighted by Crippen LogP contribution is 2.56. The van der Waals surface area contributed by atoms with Crippen LogP contribution in [0.1, 0.15) is 6.42 Å². The molecule has 1 saturated heterocycles. The third kappa shape index (κ3) is 1.68. The lowest BCUT2D eigenvalue weighted by Crippen LogP contribution is -2.18.